The van der Waals surface area contributed by atoms with Gasteiger partial charge in [-0.25, -0.2) is 8.42 Å². The summed E-state index contributed by atoms with van der Waals surface area (Å²) in [6.07, 6.45) is 0.687. The summed E-state index contributed by atoms with van der Waals surface area (Å²) in [4.78, 5) is 11.3. The van der Waals surface area contributed by atoms with Crippen molar-refractivity contribution in [3.8, 4) is 0 Å². The molecular formula is C15H17NO4S2. The molecule has 0 saturated carbocycles. The first-order valence-corrected chi connectivity index (χ1v) is 9.09. The van der Waals surface area contributed by atoms with Gasteiger partial charge in [-0.3, -0.25) is 4.79 Å². The summed E-state index contributed by atoms with van der Waals surface area (Å²) in [5.74, 6) is -1.17. The smallest absolute Gasteiger partial charge is 0.321 e. The van der Waals surface area contributed by atoms with Gasteiger partial charge in [0.05, 0.1) is 0 Å². The van der Waals surface area contributed by atoms with Crippen LogP contribution < -0.4 is 4.72 Å². The van der Waals surface area contributed by atoms with Gasteiger partial charge in [-0.05, 0) is 42.3 Å². The molecule has 0 unspecified atom stereocenters. The van der Waals surface area contributed by atoms with Crippen LogP contribution in [-0.4, -0.2) is 25.5 Å². The second kappa shape index (κ2) is 7.04. The minimum Gasteiger partial charge on any atom is -0.480 e. The Labute approximate surface area is 133 Å². The lowest BCUT2D eigenvalue weighted by Gasteiger charge is -2.14. The third kappa shape index (κ3) is 4.16. The van der Waals surface area contributed by atoms with Crippen molar-refractivity contribution < 1.29 is 18.3 Å². The van der Waals surface area contributed by atoms with Gasteiger partial charge in [-0.2, -0.15) is 4.72 Å². The lowest BCUT2D eigenvalue weighted by Crippen LogP contribution is -2.40. The van der Waals surface area contributed by atoms with E-state index in [2.05, 4.69) is 4.72 Å². The van der Waals surface area contributed by atoms with Crippen molar-refractivity contribution in [2.24, 2.45) is 0 Å². The molecule has 22 heavy (non-hydrogen) atoms. The van der Waals surface area contributed by atoms with Crippen LogP contribution in [0.5, 0.6) is 0 Å². The van der Waals surface area contributed by atoms with Gasteiger partial charge in [0, 0.05) is 0 Å². The highest BCUT2D eigenvalue weighted by molar-refractivity contribution is 7.91. The van der Waals surface area contributed by atoms with Crippen molar-refractivity contribution in [1.29, 1.82) is 0 Å². The number of sulfonamides is 1. The van der Waals surface area contributed by atoms with Crippen molar-refractivity contribution in [2.45, 2.75) is 30.0 Å². The number of carboxylic acid groups (broad SMARTS) is 1. The van der Waals surface area contributed by atoms with Crippen LogP contribution in [0.1, 0.15) is 17.5 Å². The zero-order valence-electron chi connectivity index (χ0n) is 12.0. The molecule has 1 heterocycles. The molecule has 0 amide bonds. The quantitative estimate of drug-likeness (QED) is 0.811. The first-order valence-electron chi connectivity index (χ1n) is 6.73. The number of rotatable bonds is 7. The maximum Gasteiger partial charge on any atom is 0.321 e. The SMILES string of the molecule is Cc1ccsc1S(=O)(=O)N[C@H](CCc1ccccc1)C(=O)O. The van der Waals surface area contributed by atoms with Crippen LogP contribution in [0.4, 0.5) is 0 Å². The highest BCUT2D eigenvalue weighted by Gasteiger charge is 2.27. The maximum absolute atomic E-state index is 12.3. The topological polar surface area (TPSA) is 83.5 Å². The van der Waals surface area contributed by atoms with Gasteiger partial charge in [0.2, 0.25) is 0 Å². The summed E-state index contributed by atoms with van der Waals surface area (Å²) in [5, 5.41) is 10.9. The molecule has 5 nitrogen and oxygen atoms in total. The van der Waals surface area contributed by atoms with E-state index in [1.54, 1.807) is 18.4 Å². The van der Waals surface area contributed by atoms with Gasteiger partial charge in [-0.1, -0.05) is 30.3 Å². The number of hydrogen-bond acceptors (Lipinski definition) is 4. The molecule has 7 heteroatoms. The van der Waals surface area contributed by atoms with Gasteiger partial charge >= 0.3 is 5.97 Å². The molecule has 0 aliphatic carbocycles. The Bertz CT molecular complexity index is 738. The second-order valence-electron chi connectivity index (χ2n) is 4.93. The summed E-state index contributed by atoms with van der Waals surface area (Å²) in [7, 11) is -3.81. The Balaban J connectivity index is 2.09. The van der Waals surface area contributed by atoms with Gasteiger partial charge < -0.3 is 5.11 Å². The molecule has 0 aliphatic heterocycles. The predicted molar refractivity (Wildman–Crippen MR) is 85.6 cm³/mol. The van der Waals surface area contributed by atoms with E-state index in [1.807, 2.05) is 30.3 Å². The van der Waals surface area contributed by atoms with E-state index in [9.17, 15) is 18.3 Å². The number of benzene rings is 1. The second-order valence-corrected chi connectivity index (χ2v) is 7.75. The van der Waals surface area contributed by atoms with E-state index in [-0.39, 0.29) is 10.6 Å². The Morgan fingerprint density at radius 1 is 1.27 bits per heavy atom. The molecule has 0 fully saturated rings. The monoisotopic (exact) mass is 339 g/mol. The van der Waals surface area contributed by atoms with Crippen LogP contribution >= 0.6 is 11.3 Å². The Kier molecular flexibility index (Phi) is 5.33. The molecule has 1 aromatic heterocycles. The van der Waals surface area contributed by atoms with Gasteiger partial charge in [0.1, 0.15) is 10.3 Å². The number of nitrogens with one attached hydrogen (secondary N) is 1. The summed E-state index contributed by atoms with van der Waals surface area (Å²) < 4.78 is 27.0. The van der Waals surface area contributed by atoms with E-state index >= 15 is 0 Å². The molecule has 0 bridgehead atoms. The Morgan fingerprint density at radius 3 is 2.50 bits per heavy atom. The van der Waals surface area contributed by atoms with E-state index in [0.29, 0.717) is 12.0 Å². The molecule has 0 radical (unpaired) electrons. The zero-order valence-corrected chi connectivity index (χ0v) is 13.7. The van der Waals surface area contributed by atoms with E-state index in [1.165, 1.54) is 0 Å². The molecule has 0 saturated heterocycles. The van der Waals surface area contributed by atoms with Crippen molar-refractivity contribution in [1.82, 2.24) is 4.72 Å². The average Bonchev–Trinajstić information content (AvgIpc) is 2.91. The van der Waals surface area contributed by atoms with E-state index < -0.39 is 22.0 Å². The van der Waals surface area contributed by atoms with Crippen molar-refractivity contribution in [2.75, 3.05) is 0 Å². The molecular weight excluding hydrogens is 322 g/mol. The number of aliphatic carboxylic acids is 1. The maximum atomic E-state index is 12.3. The van der Waals surface area contributed by atoms with Crippen LogP contribution in [0.15, 0.2) is 46.0 Å². The average molecular weight is 339 g/mol. The fourth-order valence-corrected chi connectivity index (χ4v) is 4.72. The third-order valence-corrected chi connectivity index (χ3v) is 6.38. The lowest BCUT2D eigenvalue weighted by atomic mass is 10.1. The minimum absolute atomic E-state index is 0.165. The summed E-state index contributed by atoms with van der Waals surface area (Å²) >= 11 is 1.08. The molecule has 118 valence electrons. The van der Waals surface area contributed by atoms with Crippen LogP contribution in [0, 0.1) is 6.92 Å². The van der Waals surface area contributed by atoms with Gasteiger partial charge in [-0.15, -0.1) is 11.3 Å². The highest BCUT2D eigenvalue weighted by Crippen LogP contribution is 2.22. The van der Waals surface area contributed by atoms with Gasteiger partial charge in [0.25, 0.3) is 10.0 Å². The van der Waals surface area contributed by atoms with Crippen LogP contribution in [0.3, 0.4) is 0 Å². The number of hydrogen-bond donors (Lipinski definition) is 2. The molecule has 1 atom stereocenters. The summed E-state index contributed by atoms with van der Waals surface area (Å²) in [6.45, 7) is 1.69. The number of carboxylic acids is 1. The molecule has 0 aliphatic rings. The number of carbonyl (C=O) groups is 1. The molecule has 0 spiro atoms. The standard InChI is InChI=1S/C15H17NO4S2/c1-11-9-10-21-15(11)22(19,20)16-13(14(17)18)8-7-12-5-3-2-4-6-12/h2-6,9-10,13,16H,7-8H2,1H3,(H,17,18)/t13-/m1/s1. The predicted octanol–water partition coefficient (Wildman–Crippen LogP) is 2.42. The summed E-state index contributed by atoms with van der Waals surface area (Å²) in [6, 6.07) is 9.92. The van der Waals surface area contributed by atoms with Crippen LogP contribution in [0.25, 0.3) is 0 Å². The Morgan fingerprint density at radius 2 is 1.95 bits per heavy atom. The zero-order chi connectivity index (χ0) is 16.2. The summed E-state index contributed by atoms with van der Waals surface area (Å²) in [5.41, 5.74) is 1.59. The largest absolute Gasteiger partial charge is 0.480 e. The van der Waals surface area contributed by atoms with Crippen molar-refractivity contribution in [3.63, 3.8) is 0 Å². The first-order chi connectivity index (χ1) is 10.4. The van der Waals surface area contributed by atoms with Crippen molar-refractivity contribution >= 4 is 27.3 Å². The van der Waals surface area contributed by atoms with E-state index in [4.69, 9.17) is 0 Å². The van der Waals surface area contributed by atoms with E-state index in [0.717, 1.165) is 16.9 Å². The fourth-order valence-electron chi connectivity index (χ4n) is 2.06. The first kappa shape index (κ1) is 16.7. The Hall–Kier alpha value is -1.70. The van der Waals surface area contributed by atoms with Gasteiger partial charge in [0.15, 0.2) is 0 Å². The van der Waals surface area contributed by atoms with Crippen LogP contribution in [-0.2, 0) is 21.2 Å². The molecule has 2 rings (SSSR count). The highest BCUT2D eigenvalue weighted by atomic mass is 32.2. The normalized spacial score (nSPS) is 13.0. The minimum atomic E-state index is -3.81. The molecule has 2 aromatic rings. The molecule has 1 aromatic carbocycles. The number of aryl methyl sites for hydroxylation is 2. The number of thiophene rings is 1. The van der Waals surface area contributed by atoms with Crippen LogP contribution in [0.2, 0.25) is 0 Å². The fraction of sp³-hybridized carbons (Fsp3) is 0.267. The lowest BCUT2D eigenvalue weighted by molar-refractivity contribution is -0.139. The third-order valence-electron chi connectivity index (χ3n) is 3.22. The molecule has 2 N–H and O–H groups in total. The van der Waals surface area contributed by atoms with Crippen molar-refractivity contribution in [3.05, 3.63) is 52.9 Å².